The lowest BCUT2D eigenvalue weighted by atomic mass is 10.1. The van der Waals surface area contributed by atoms with Crippen LogP contribution in [0.1, 0.15) is 11.6 Å². The van der Waals surface area contributed by atoms with Crippen LogP contribution in [0.2, 0.25) is 0 Å². The van der Waals surface area contributed by atoms with Gasteiger partial charge in [0.05, 0.1) is 18.2 Å². The largest absolute Gasteiger partial charge is 0.411 e. The second kappa shape index (κ2) is 5.54. The minimum atomic E-state index is -4.33. The second-order valence-electron chi connectivity index (χ2n) is 4.20. The molecule has 0 spiro atoms. The predicted molar refractivity (Wildman–Crippen MR) is 65.5 cm³/mol. The molecular weight excluding hydrogens is 257 g/mol. The number of hydrogen-bond acceptors (Lipinski definition) is 3. The Kier molecular flexibility index (Phi) is 4.01. The van der Waals surface area contributed by atoms with Gasteiger partial charge in [-0.05, 0) is 17.7 Å². The van der Waals surface area contributed by atoms with E-state index in [1.807, 2.05) is 30.3 Å². The molecule has 0 amide bonds. The first-order chi connectivity index (χ1) is 8.96. The van der Waals surface area contributed by atoms with Crippen molar-refractivity contribution in [3.63, 3.8) is 0 Å². The first kappa shape index (κ1) is 13.8. The third-order valence-corrected chi connectivity index (χ3v) is 2.60. The van der Waals surface area contributed by atoms with Gasteiger partial charge in [0.25, 0.3) is 0 Å². The van der Waals surface area contributed by atoms with E-state index in [1.54, 1.807) is 6.20 Å². The van der Waals surface area contributed by atoms with Crippen LogP contribution in [0.25, 0.3) is 10.9 Å². The molecule has 3 nitrogen and oxygen atoms in total. The van der Waals surface area contributed by atoms with Crippen LogP contribution in [-0.4, -0.2) is 24.4 Å². The van der Waals surface area contributed by atoms with Gasteiger partial charge in [0.15, 0.2) is 0 Å². The van der Waals surface area contributed by atoms with Crippen LogP contribution in [0.15, 0.2) is 36.5 Å². The molecule has 1 heterocycles. The topological polar surface area (TPSA) is 48.1 Å². The molecule has 1 aromatic heterocycles. The number of aromatic nitrogens is 1. The van der Waals surface area contributed by atoms with Gasteiger partial charge in [0.1, 0.15) is 6.61 Å². The summed E-state index contributed by atoms with van der Waals surface area (Å²) in [7, 11) is 0. The highest BCUT2D eigenvalue weighted by Gasteiger charge is 2.27. The minimum absolute atomic E-state index is 0.195. The molecule has 1 unspecified atom stereocenters. The maximum atomic E-state index is 11.9. The number of ether oxygens (including phenoxy) is 1. The van der Waals surface area contributed by atoms with E-state index in [9.17, 15) is 13.2 Å². The van der Waals surface area contributed by atoms with Crippen LogP contribution in [0.3, 0.4) is 0 Å². The summed E-state index contributed by atoms with van der Waals surface area (Å²) in [6.07, 6.45) is -2.77. The Morgan fingerprint density at radius 2 is 2.00 bits per heavy atom. The van der Waals surface area contributed by atoms with Gasteiger partial charge in [-0.3, -0.25) is 4.98 Å². The number of rotatable bonds is 4. The van der Waals surface area contributed by atoms with Crippen LogP contribution in [0.4, 0.5) is 13.2 Å². The van der Waals surface area contributed by atoms with Crippen LogP contribution in [0, 0.1) is 0 Å². The number of para-hydroxylation sites is 1. The number of fused-ring (bicyclic) bond motifs is 1. The highest BCUT2D eigenvalue weighted by atomic mass is 19.4. The average molecular weight is 270 g/mol. The van der Waals surface area contributed by atoms with E-state index < -0.39 is 18.8 Å². The number of nitrogens with zero attached hydrogens (tertiary/aromatic N) is 1. The molecule has 6 heteroatoms. The SMILES string of the molecule is NC(COCC(F)(F)F)c1cnc2ccccc2c1. The smallest absolute Gasteiger partial charge is 0.370 e. The van der Waals surface area contributed by atoms with Crippen molar-refractivity contribution in [1.82, 2.24) is 4.98 Å². The van der Waals surface area contributed by atoms with Crippen LogP contribution in [0.5, 0.6) is 0 Å². The summed E-state index contributed by atoms with van der Waals surface area (Å²) in [4.78, 5) is 4.20. The summed E-state index contributed by atoms with van der Waals surface area (Å²) < 4.78 is 40.4. The lowest BCUT2D eigenvalue weighted by molar-refractivity contribution is -0.174. The molecule has 102 valence electrons. The van der Waals surface area contributed by atoms with Crippen molar-refractivity contribution >= 4 is 10.9 Å². The number of nitrogens with two attached hydrogens (primary N) is 1. The molecular formula is C13H13F3N2O. The monoisotopic (exact) mass is 270 g/mol. The van der Waals surface area contributed by atoms with Gasteiger partial charge in [-0.1, -0.05) is 18.2 Å². The highest BCUT2D eigenvalue weighted by Crippen LogP contribution is 2.19. The Hall–Kier alpha value is -1.66. The molecule has 1 atom stereocenters. The van der Waals surface area contributed by atoms with Crippen molar-refractivity contribution in [1.29, 1.82) is 0 Å². The number of pyridine rings is 1. The van der Waals surface area contributed by atoms with Crippen molar-refractivity contribution in [3.8, 4) is 0 Å². The molecule has 0 fully saturated rings. The quantitative estimate of drug-likeness (QED) is 0.929. The zero-order valence-corrected chi connectivity index (χ0v) is 10.0. The molecule has 0 bridgehead atoms. The zero-order valence-electron chi connectivity index (χ0n) is 10.0. The molecule has 2 rings (SSSR count). The third-order valence-electron chi connectivity index (χ3n) is 2.60. The average Bonchev–Trinajstić information content (AvgIpc) is 2.36. The fourth-order valence-electron chi connectivity index (χ4n) is 1.69. The van der Waals surface area contributed by atoms with Gasteiger partial charge in [-0.15, -0.1) is 0 Å². The normalized spacial score (nSPS) is 13.7. The summed E-state index contributed by atoms with van der Waals surface area (Å²) in [5, 5.41) is 0.895. The van der Waals surface area contributed by atoms with E-state index in [0.717, 1.165) is 10.9 Å². The maximum Gasteiger partial charge on any atom is 0.411 e. The number of hydrogen-bond donors (Lipinski definition) is 1. The summed E-state index contributed by atoms with van der Waals surface area (Å²) in [6, 6.07) is 8.63. The minimum Gasteiger partial charge on any atom is -0.370 e. The van der Waals surface area contributed by atoms with Gasteiger partial charge in [-0.25, -0.2) is 0 Å². The highest BCUT2D eigenvalue weighted by molar-refractivity contribution is 5.78. The van der Waals surface area contributed by atoms with Gasteiger partial charge in [0.2, 0.25) is 0 Å². The molecule has 2 aromatic rings. The molecule has 0 aliphatic carbocycles. The molecule has 0 aliphatic heterocycles. The van der Waals surface area contributed by atoms with E-state index in [1.165, 1.54) is 0 Å². The molecule has 1 aromatic carbocycles. The summed E-state index contributed by atoms with van der Waals surface area (Å²) >= 11 is 0. The zero-order chi connectivity index (χ0) is 13.9. The Bertz CT molecular complexity index is 557. The Morgan fingerprint density at radius 1 is 1.26 bits per heavy atom. The van der Waals surface area contributed by atoms with Crippen molar-refractivity contribution in [3.05, 3.63) is 42.1 Å². The van der Waals surface area contributed by atoms with E-state index in [2.05, 4.69) is 9.72 Å². The maximum absolute atomic E-state index is 11.9. The molecule has 0 radical (unpaired) electrons. The van der Waals surface area contributed by atoms with Gasteiger partial charge in [-0.2, -0.15) is 13.2 Å². The number of alkyl halides is 3. The predicted octanol–water partition coefficient (Wildman–Crippen LogP) is 2.81. The van der Waals surface area contributed by atoms with Crippen LogP contribution >= 0.6 is 0 Å². The third kappa shape index (κ3) is 3.90. The molecule has 0 aliphatic rings. The number of halogens is 3. The Balaban J connectivity index is 2.03. The van der Waals surface area contributed by atoms with Crippen molar-refractivity contribution in [2.75, 3.05) is 13.2 Å². The Labute approximate surface area is 108 Å². The first-order valence-corrected chi connectivity index (χ1v) is 5.70. The van der Waals surface area contributed by atoms with E-state index >= 15 is 0 Å². The molecule has 0 saturated heterocycles. The van der Waals surface area contributed by atoms with Crippen molar-refractivity contribution in [2.24, 2.45) is 5.73 Å². The Morgan fingerprint density at radius 3 is 2.74 bits per heavy atom. The van der Waals surface area contributed by atoms with Crippen LogP contribution < -0.4 is 5.73 Å². The summed E-state index contributed by atoms with van der Waals surface area (Å²) in [6.45, 7) is -1.48. The molecule has 0 saturated carbocycles. The van der Waals surface area contributed by atoms with Gasteiger partial charge < -0.3 is 10.5 Å². The fraction of sp³-hybridized carbons (Fsp3) is 0.308. The fourth-order valence-corrected chi connectivity index (χ4v) is 1.69. The second-order valence-corrected chi connectivity index (χ2v) is 4.20. The van der Waals surface area contributed by atoms with E-state index in [0.29, 0.717) is 5.56 Å². The first-order valence-electron chi connectivity index (χ1n) is 5.70. The summed E-state index contributed by atoms with van der Waals surface area (Å²) in [5.74, 6) is 0. The summed E-state index contributed by atoms with van der Waals surface area (Å²) in [5.41, 5.74) is 7.25. The van der Waals surface area contributed by atoms with Gasteiger partial charge >= 0.3 is 6.18 Å². The standard InChI is InChI=1S/C13H13F3N2O/c14-13(15,16)8-19-7-11(17)10-5-9-3-1-2-4-12(9)18-6-10/h1-6,11H,7-8,17H2. The molecule has 2 N–H and O–H groups in total. The van der Waals surface area contributed by atoms with E-state index in [-0.39, 0.29) is 6.61 Å². The van der Waals surface area contributed by atoms with E-state index in [4.69, 9.17) is 5.73 Å². The lowest BCUT2D eigenvalue weighted by Crippen LogP contribution is -2.23. The lowest BCUT2D eigenvalue weighted by Gasteiger charge is -2.14. The molecule has 19 heavy (non-hydrogen) atoms. The van der Waals surface area contributed by atoms with Crippen molar-refractivity contribution < 1.29 is 17.9 Å². The van der Waals surface area contributed by atoms with Crippen molar-refractivity contribution in [2.45, 2.75) is 12.2 Å². The van der Waals surface area contributed by atoms with Gasteiger partial charge in [0, 0.05) is 11.6 Å². The number of benzene rings is 1. The van der Waals surface area contributed by atoms with Crippen LogP contribution in [-0.2, 0) is 4.74 Å².